The Morgan fingerprint density at radius 1 is 1.64 bits per heavy atom. The van der Waals surface area contributed by atoms with Crippen LogP contribution in [0.2, 0.25) is 0 Å². The van der Waals surface area contributed by atoms with Crippen molar-refractivity contribution in [1.82, 2.24) is 0 Å². The first-order valence-electron chi connectivity index (χ1n) is 4.18. The maximum absolute atomic E-state index is 8.50. The second-order valence-corrected chi connectivity index (χ2v) is 3.82. The molecule has 0 aromatic heterocycles. The van der Waals surface area contributed by atoms with Crippen molar-refractivity contribution in [2.24, 2.45) is 5.73 Å². The lowest BCUT2D eigenvalue weighted by atomic mass is 10.3. The highest BCUT2D eigenvalue weighted by Crippen LogP contribution is 2.22. The monoisotopic (exact) mass is 208 g/mol. The molecular formula is C10H12N2OS. The van der Waals surface area contributed by atoms with E-state index in [9.17, 15) is 0 Å². The Hall–Kier alpha value is -1.18. The first-order valence-corrected chi connectivity index (χ1v) is 5.17. The Labute approximate surface area is 87.9 Å². The van der Waals surface area contributed by atoms with Crippen molar-refractivity contribution in [3.8, 4) is 11.8 Å². The van der Waals surface area contributed by atoms with Crippen LogP contribution in [0.25, 0.3) is 0 Å². The van der Waals surface area contributed by atoms with Crippen LogP contribution in [0.4, 0.5) is 0 Å². The number of nitrogens with zero attached hydrogens (tertiary/aromatic N) is 1. The molecule has 0 bridgehead atoms. The maximum atomic E-state index is 8.50. The van der Waals surface area contributed by atoms with Crippen LogP contribution in [-0.2, 0) is 0 Å². The molecule has 1 unspecified atom stereocenters. The van der Waals surface area contributed by atoms with Crippen LogP contribution in [0.1, 0.15) is 0 Å². The minimum absolute atomic E-state index is 0.411. The van der Waals surface area contributed by atoms with Crippen LogP contribution < -0.4 is 10.5 Å². The van der Waals surface area contributed by atoms with Crippen molar-refractivity contribution < 1.29 is 4.74 Å². The van der Waals surface area contributed by atoms with Gasteiger partial charge in [-0.15, -0.1) is 11.8 Å². The van der Waals surface area contributed by atoms with Crippen LogP contribution in [0.3, 0.4) is 0 Å². The molecule has 1 aromatic rings. The maximum Gasteiger partial charge on any atom is 0.119 e. The normalized spacial score (nSPS) is 11.8. The molecule has 0 saturated heterocycles. The van der Waals surface area contributed by atoms with Gasteiger partial charge in [-0.3, -0.25) is 0 Å². The van der Waals surface area contributed by atoms with Gasteiger partial charge in [0.15, 0.2) is 0 Å². The summed E-state index contributed by atoms with van der Waals surface area (Å²) >= 11 is 1.56. The molecule has 0 heterocycles. The highest BCUT2D eigenvalue weighted by molar-refractivity contribution is 7.99. The van der Waals surface area contributed by atoms with E-state index in [2.05, 4.69) is 0 Å². The Morgan fingerprint density at radius 2 is 2.43 bits per heavy atom. The molecule has 74 valence electrons. The zero-order valence-corrected chi connectivity index (χ0v) is 8.75. The molecule has 1 aromatic carbocycles. The van der Waals surface area contributed by atoms with E-state index in [4.69, 9.17) is 15.7 Å². The van der Waals surface area contributed by atoms with E-state index < -0.39 is 6.04 Å². The fourth-order valence-electron chi connectivity index (χ4n) is 0.914. The quantitative estimate of drug-likeness (QED) is 0.764. The van der Waals surface area contributed by atoms with Gasteiger partial charge in [-0.05, 0) is 18.2 Å². The van der Waals surface area contributed by atoms with Gasteiger partial charge < -0.3 is 10.5 Å². The molecule has 0 aliphatic rings. The van der Waals surface area contributed by atoms with E-state index in [-0.39, 0.29) is 0 Å². The zero-order valence-electron chi connectivity index (χ0n) is 7.93. The molecule has 2 N–H and O–H groups in total. The number of nitriles is 1. The lowest BCUT2D eigenvalue weighted by Gasteiger charge is -2.04. The second kappa shape index (κ2) is 5.53. The van der Waals surface area contributed by atoms with Crippen LogP contribution in [-0.4, -0.2) is 18.9 Å². The highest BCUT2D eigenvalue weighted by Gasteiger charge is 2.01. The Morgan fingerprint density at radius 3 is 3.07 bits per heavy atom. The first kappa shape index (κ1) is 10.9. The van der Waals surface area contributed by atoms with E-state index in [0.29, 0.717) is 5.75 Å². The molecule has 0 spiro atoms. The van der Waals surface area contributed by atoms with Gasteiger partial charge in [-0.2, -0.15) is 5.26 Å². The summed E-state index contributed by atoms with van der Waals surface area (Å²) < 4.78 is 5.08. The Kier molecular flexibility index (Phi) is 4.30. The molecule has 3 nitrogen and oxygen atoms in total. The van der Waals surface area contributed by atoms with Crippen LogP contribution >= 0.6 is 11.8 Å². The number of nitrogens with two attached hydrogens (primary N) is 1. The van der Waals surface area contributed by atoms with Gasteiger partial charge in [0.25, 0.3) is 0 Å². The largest absolute Gasteiger partial charge is 0.497 e. The van der Waals surface area contributed by atoms with Crippen molar-refractivity contribution in [3.63, 3.8) is 0 Å². The summed E-state index contributed by atoms with van der Waals surface area (Å²) in [6.45, 7) is 0. The summed E-state index contributed by atoms with van der Waals surface area (Å²) in [6.07, 6.45) is 0. The number of ether oxygens (including phenoxy) is 1. The zero-order chi connectivity index (χ0) is 10.4. The molecule has 0 saturated carbocycles. The fourth-order valence-corrected chi connectivity index (χ4v) is 1.74. The molecule has 1 atom stereocenters. The van der Waals surface area contributed by atoms with Gasteiger partial charge in [-0.25, -0.2) is 0 Å². The van der Waals surface area contributed by atoms with E-state index in [1.54, 1.807) is 18.9 Å². The van der Waals surface area contributed by atoms with E-state index in [0.717, 1.165) is 10.6 Å². The third-order valence-corrected chi connectivity index (χ3v) is 2.75. The summed E-state index contributed by atoms with van der Waals surface area (Å²) in [5, 5.41) is 8.50. The van der Waals surface area contributed by atoms with Gasteiger partial charge in [-0.1, -0.05) is 6.07 Å². The minimum Gasteiger partial charge on any atom is -0.497 e. The summed E-state index contributed by atoms with van der Waals surface area (Å²) in [4.78, 5) is 1.06. The molecule has 0 fully saturated rings. The Balaban J connectivity index is 2.55. The number of benzene rings is 1. The van der Waals surface area contributed by atoms with Crippen molar-refractivity contribution in [3.05, 3.63) is 24.3 Å². The number of rotatable bonds is 4. The fraction of sp³-hybridized carbons (Fsp3) is 0.300. The van der Waals surface area contributed by atoms with Crippen molar-refractivity contribution in [2.75, 3.05) is 12.9 Å². The predicted octanol–water partition coefficient (Wildman–Crippen LogP) is 1.64. The summed E-state index contributed by atoms with van der Waals surface area (Å²) in [7, 11) is 1.63. The third kappa shape index (κ3) is 3.29. The summed E-state index contributed by atoms with van der Waals surface area (Å²) in [6, 6.07) is 9.27. The van der Waals surface area contributed by atoms with Crippen LogP contribution in [0.15, 0.2) is 29.2 Å². The van der Waals surface area contributed by atoms with Gasteiger partial charge in [0, 0.05) is 10.6 Å². The van der Waals surface area contributed by atoms with Gasteiger partial charge in [0.2, 0.25) is 0 Å². The molecule has 0 radical (unpaired) electrons. The Bertz CT molecular complexity index is 335. The SMILES string of the molecule is COc1cccc(SCC(N)C#N)c1. The molecule has 14 heavy (non-hydrogen) atoms. The average molecular weight is 208 g/mol. The molecule has 4 heteroatoms. The van der Waals surface area contributed by atoms with E-state index in [1.807, 2.05) is 30.3 Å². The standard InChI is InChI=1S/C10H12N2OS/c1-13-9-3-2-4-10(5-9)14-7-8(12)6-11/h2-5,8H,7,12H2,1H3. The smallest absolute Gasteiger partial charge is 0.119 e. The number of methoxy groups -OCH3 is 1. The van der Waals surface area contributed by atoms with Gasteiger partial charge in [0.05, 0.1) is 13.2 Å². The third-order valence-electron chi connectivity index (χ3n) is 1.64. The predicted molar refractivity (Wildman–Crippen MR) is 57.3 cm³/mol. The average Bonchev–Trinajstić information content (AvgIpc) is 2.26. The number of hydrogen-bond donors (Lipinski definition) is 1. The molecule has 0 aliphatic carbocycles. The lowest BCUT2D eigenvalue weighted by molar-refractivity contribution is 0.413. The second-order valence-electron chi connectivity index (χ2n) is 2.73. The molecule has 0 aliphatic heterocycles. The van der Waals surface area contributed by atoms with Gasteiger partial charge in [0.1, 0.15) is 11.8 Å². The lowest BCUT2D eigenvalue weighted by Crippen LogP contribution is -2.19. The van der Waals surface area contributed by atoms with Crippen molar-refractivity contribution >= 4 is 11.8 Å². The van der Waals surface area contributed by atoms with Crippen molar-refractivity contribution in [1.29, 1.82) is 5.26 Å². The summed E-state index contributed by atoms with van der Waals surface area (Å²) in [5.41, 5.74) is 5.48. The van der Waals surface area contributed by atoms with Crippen molar-refractivity contribution in [2.45, 2.75) is 10.9 Å². The van der Waals surface area contributed by atoms with E-state index >= 15 is 0 Å². The molecular weight excluding hydrogens is 196 g/mol. The minimum atomic E-state index is -0.411. The highest BCUT2D eigenvalue weighted by atomic mass is 32.2. The van der Waals surface area contributed by atoms with Crippen LogP contribution in [0.5, 0.6) is 5.75 Å². The molecule has 0 amide bonds. The van der Waals surface area contributed by atoms with Gasteiger partial charge >= 0.3 is 0 Å². The number of thioether (sulfide) groups is 1. The first-order chi connectivity index (χ1) is 6.76. The topological polar surface area (TPSA) is 59.0 Å². The van der Waals surface area contributed by atoms with E-state index in [1.165, 1.54) is 0 Å². The molecule has 1 rings (SSSR count). The van der Waals surface area contributed by atoms with Crippen LogP contribution in [0, 0.1) is 11.3 Å². The summed E-state index contributed by atoms with van der Waals surface area (Å²) in [5.74, 6) is 1.42. The number of hydrogen-bond acceptors (Lipinski definition) is 4.